The largest absolute Gasteiger partial charge is 0.326 e. The molecule has 0 spiro atoms. The Bertz CT molecular complexity index is 850. The third-order valence-corrected chi connectivity index (χ3v) is 3.89. The molecule has 3 aromatic rings. The normalized spacial score (nSPS) is 13.0. The van der Waals surface area contributed by atoms with Gasteiger partial charge in [0, 0.05) is 24.1 Å². The Morgan fingerprint density at radius 1 is 1.04 bits per heavy atom. The summed E-state index contributed by atoms with van der Waals surface area (Å²) in [5.74, 6) is 1.00. The van der Waals surface area contributed by atoms with Crippen LogP contribution in [0.15, 0.2) is 60.8 Å². The summed E-state index contributed by atoms with van der Waals surface area (Å²) in [5, 5.41) is 3.04. The maximum Gasteiger partial charge on any atom is 0.229 e. The lowest BCUT2D eigenvalue weighted by molar-refractivity contribution is 0.628. The van der Waals surface area contributed by atoms with Crippen molar-refractivity contribution in [3.05, 3.63) is 72.2 Å². The molecule has 0 atom stereocenters. The molecule has 0 unspecified atom stereocenters. The summed E-state index contributed by atoms with van der Waals surface area (Å²) >= 11 is 0. The predicted molar refractivity (Wildman–Crippen MR) is 88.9 cm³/mol. The van der Waals surface area contributed by atoms with Gasteiger partial charge in [0.2, 0.25) is 5.95 Å². The summed E-state index contributed by atoms with van der Waals surface area (Å²) in [6.45, 7) is 0.899. The summed E-state index contributed by atoms with van der Waals surface area (Å²) in [6, 6.07) is 16.5. The van der Waals surface area contributed by atoms with Crippen LogP contribution in [-0.2, 0) is 6.42 Å². The van der Waals surface area contributed by atoms with Crippen LogP contribution in [0.3, 0.4) is 0 Å². The van der Waals surface area contributed by atoms with Gasteiger partial charge in [-0.3, -0.25) is 0 Å². The minimum absolute atomic E-state index is 0.292. The van der Waals surface area contributed by atoms with Crippen molar-refractivity contribution >= 4 is 23.1 Å². The molecule has 0 radical (unpaired) electrons. The van der Waals surface area contributed by atoms with E-state index < -0.39 is 0 Å². The predicted octanol–water partition coefficient (Wildman–Crippen LogP) is 4.05. The molecule has 0 aliphatic carbocycles. The molecule has 1 N–H and O–H groups in total. The number of anilines is 4. The Hall–Kier alpha value is -2.95. The summed E-state index contributed by atoms with van der Waals surface area (Å²) in [7, 11) is 0. The van der Waals surface area contributed by atoms with Gasteiger partial charge in [-0.25, -0.2) is 9.37 Å². The van der Waals surface area contributed by atoms with Crippen molar-refractivity contribution in [3.8, 4) is 0 Å². The first-order chi connectivity index (χ1) is 11.3. The lowest BCUT2D eigenvalue weighted by atomic mass is 10.2. The summed E-state index contributed by atoms with van der Waals surface area (Å²) < 4.78 is 13.3. The highest BCUT2D eigenvalue weighted by molar-refractivity contribution is 5.68. The maximum atomic E-state index is 13.3. The summed E-state index contributed by atoms with van der Waals surface area (Å²) in [5.41, 5.74) is 3.14. The Labute approximate surface area is 133 Å². The van der Waals surface area contributed by atoms with Crippen molar-refractivity contribution in [1.29, 1.82) is 0 Å². The Morgan fingerprint density at radius 2 is 1.96 bits per heavy atom. The average molecular weight is 306 g/mol. The zero-order chi connectivity index (χ0) is 15.6. The summed E-state index contributed by atoms with van der Waals surface area (Å²) in [4.78, 5) is 11.0. The van der Waals surface area contributed by atoms with Gasteiger partial charge in [-0.2, -0.15) is 4.98 Å². The molecular formula is C18H15FN4. The number of benzene rings is 2. The number of hydrogen-bond acceptors (Lipinski definition) is 4. The first-order valence-corrected chi connectivity index (χ1v) is 7.51. The van der Waals surface area contributed by atoms with Crippen molar-refractivity contribution in [2.24, 2.45) is 0 Å². The van der Waals surface area contributed by atoms with E-state index in [1.807, 2.05) is 12.1 Å². The highest BCUT2D eigenvalue weighted by Gasteiger charge is 2.20. The van der Waals surface area contributed by atoms with E-state index in [1.165, 1.54) is 23.4 Å². The van der Waals surface area contributed by atoms with Crippen LogP contribution in [0, 0.1) is 5.82 Å². The molecule has 1 aromatic heterocycles. The number of halogens is 1. The SMILES string of the molecule is Fc1cccc(Nc2nccc(N3CCc4ccccc43)n2)c1. The molecule has 2 heterocycles. The summed E-state index contributed by atoms with van der Waals surface area (Å²) in [6.07, 6.45) is 2.72. The van der Waals surface area contributed by atoms with Crippen LogP contribution in [0.5, 0.6) is 0 Å². The molecule has 23 heavy (non-hydrogen) atoms. The molecule has 0 amide bonds. The van der Waals surface area contributed by atoms with E-state index in [0.717, 1.165) is 18.8 Å². The topological polar surface area (TPSA) is 41.1 Å². The van der Waals surface area contributed by atoms with Crippen LogP contribution in [0.1, 0.15) is 5.56 Å². The van der Waals surface area contributed by atoms with Crippen LogP contribution in [-0.4, -0.2) is 16.5 Å². The van der Waals surface area contributed by atoms with Crippen LogP contribution >= 0.6 is 0 Å². The zero-order valence-electron chi connectivity index (χ0n) is 12.4. The second kappa shape index (κ2) is 5.68. The smallest absolute Gasteiger partial charge is 0.229 e. The third-order valence-electron chi connectivity index (χ3n) is 3.89. The number of fused-ring (bicyclic) bond motifs is 1. The van der Waals surface area contributed by atoms with Crippen LogP contribution in [0.25, 0.3) is 0 Å². The van der Waals surface area contributed by atoms with Gasteiger partial charge in [0.25, 0.3) is 0 Å². The molecule has 0 bridgehead atoms. The van der Waals surface area contributed by atoms with E-state index in [4.69, 9.17) is 0 Å². The Kier molecular flexibility index (Phi) is 3.38. The second-order valence-corrected chi connectivity index (χ2v) is 5.40. The lowest BCUT2D eigenvalue weighted by Crippen LogP contribution is -2.15. The Morgan fingerprint density at radius 3 is 2.87 bits per heavy atom. The molecule has 0 fully saturated rings. The molecule has 0 saturated heterocycles. The van der Waals surface area contributed by atoms with Gasteiger partial charge < -0.3 is 10.2 Å². The van der Waals surface area contributed by atoms with Crippen LogP contribution < -0.4 is 10.2 Å². The standard InChI is InChI=1S/C18H15FN4/c19-14-5-3-6-15(12-14)21-18-20-10-8-17(22-18)23-11-9-13-4-1-2-7-16(13)23/h1-8,10,12H,9,11H2,(H,20,21,22). The van der Waals surface area contributed by atoms with E-state index in [-0.39, 0.29) is 5.82 Å². The number of aromatic nitrogens is 2. The van der Waals surface area contributed by atoms with Crippen molar-refractivity contribution < 1.29 is 4.39 Å². The fourth-order valence-corrected chi connectivity index (χ4v) is 2.83. The Balaban J connectivity index is 1.62. The van der Waals surface area contributed by atoms with Crippen LogP contribution in [0.4, 0.5) is 27.5 Å². The maximum absolute atomic E-state index is 13.3. The van der Waals surface area contributed by atoms with Crippen molar-refractivity contribution in [3.63, 3.8) is 0 Å². The third kappa shape index (κ3) is 2.73. The van der Waals surface area contributed by atoms with Gasteiger partial charge in [-0.05, 0) is 42.3 Å². The lowest BCUT2D eigenvalue weighted by Gasteiger charge is -2.18. The molecule has 4 rings (SSSR count). The van der Waals surface area contributed by atoms with E-state index in [1.54, 1.807) is 18.3 Å². The van der Waals surface area contributed by atoms with Gasteiger partial charge in [0.1, 0.15) is 11.6 Å². The number of rotatable bonds is 3. The van der Waals surface area contributed by atoms with Gasteiger partial charge >= 0.3 is 0 Å². The monoisotopic (exact) mass is 306 g/mol. The molecule has 2 aromatic carbocycles. The molecule has 114 valence electrons. The van der Waals surface area contributed by atoms with Crippen molar-refractivity contribution in [1.82, 2.24) is 9.97 Å². The quantitative estimate of drug-likeness (QED) is 0.792. The minimum Gasteiger partial charge on any atom is -0.326 e. The first-order valence-electron chi connectivity index (χ1n) is 7.51. The van der Waals surface area contributed by atoms with Gasteiger partial charge in [0.05, 0.1) is 0 Å². The molecule has 5 heteroatoms. The first kappa shape index (κ1) is 13.7. The van der Waals surface area contributed by atoms with E-state index >= 15 is 0 Å². The molecule has 1 aliphatic rings. The molecular weight excluding hydrogens is 291 g/mol. The second-order valence-electron chi connectivity index (χ2n) is 5.40. The molecule has 1 aliphatic heterocycles. The number of hydrogen-bond donors (Lipinski definition) is 1. The van der Waals surface area contributed by atoms with Gasteiger partial charge in [-0.15, -0.1) is 0 Å². The van der Waals surface area contributed by atoms with E-state index in [9.17, 15) is 4.39 Å². The van der Waals surface area contributed by atoms with Gasteiger partial charge in [-0.1, -0.05) is 24.3 Å². The van der Waals surface area contributed by atoms with Crippen LogP contribution in [0.2, 0.25) is 0 Å². The number of para-hydroxylation sites is 1. The number of nitrogens with one attached hydrogen (secondary N) is 1. The molecule has 0 saturated carbocycles. The van der Waals surface area contributed by atoms with E-state index in [0.29, 0.717) is 11.6 Å². The average Bonchev–Trinajstić information content (AvgIpc) is 2.99. The number of nitrogens with zero attached hydrogens (tertiary/aromatic N) is 3. The minimum atomic E-state index is -0.292. The van der Waals surface area contributed by atoms with Crippen molar-refractivity contribution in [2.45, 2.75) is 6.42 Å². The van der Waals surface area contributed by atoms with Gasteiger partial charge in [0.15, 0.2) is 0 Å². The highest BCUT2D eigenvalue weighted by atomic mass is 19.1. The molecule has 4 nitrogen and oxygen atoms in total. The fourth-order valence-electron chi connectivity index (χ4n) is 2.83. The fraction of sp³-hybridized carbons (Fsp3) is 0.111. The highest BCUT2D eigenvalue weighted by Crippen LogP contribution is 2.33. The van der Waals surface area contributed by atoms with Crippen molar-refractivity contribution in [2.75, 3.05) is 16.8 Å². The van der Waals surface area contributed by atoms with E-state index in [2.05, 4.69) is 38.4 Å². The zero-order valence-corrected chi connectivity index (χ0v) is 12.4.